The molecule has 158 valence electrons. The molecule has 1 spiro atoms. The molecule has 0 bridgehead atoms. The Morgan fingerprint density at radius 1 is 1.17 bits per heavy atom. The second kappa shape index (κ2) is 8.71. The van der Waals surface area contributed by atoms with Gasteiger partial charge in [-0.1, -0.05) is 25.7 Å². The van der Waals surface area contributed by atoms with Crippen molar-refractivity contribution in [3.63, 3.8) is 0 Å². The van der Waals surface area contributed by atoms with Crippen molar-refractivity contribution in [2.45, 2.75) is 57.0 Å². The lowest BCUT2D eigenvalue weighted by molar-refractivity contribution is -0.135. The van der Waals surface area contributed by atoms with Gasteiger partial charge in [0.2, 0.25) is 5.91 Å². The maximum Gasteiger partial charge on any atom is 0.325 e. The van der Waals surface area contributed by atoms with Crippen molar-refractivity contribution >= 4 is 17.8 Å². The van der Waals surface area contributed by atoms with E-state index in [2.05, 4.69) is 10.6 Å². The van der Waals surface area contributed by atoms with E-state index in [1.165, 1.54) is 0 Å². The van der Waals surface area contributed by atoms with Gasteiger partial charge in [0.1, 0.15) is 23.6 Å². The summed E-state index contributed by atoms with van der Waals surface area (Å²) in [6, 6.07) is 4.46. The normalized spacial score (nSPS) is 19.5. The Hall–Kier alpha value is -2.77. The Bertz CT molecular complexity index is 787. The molecule has 1 aliphatic heterocycles. The summed E-state index contributed by atoms with van der Waals surface area (Å²) in [6.45, 7) is 1.51. The summed E-state index contributed by atoms with van der Waals surface area (Å²) in [5.74, 6) is 0.569. The van der Waals surface area contributed by atoms with Crippen LogP contribution < -0.4 is 20.1 Å². The zero-order chi connectivity index (χ0) is 21.0. The number of rotatable bonds is 6. The molecule has 1 saturated carbocycles. The summed E-state index contributed by atoms with van der Waals surface area (Å²) in [5.41, 5.74) is -0.0900. The molecule has 0 unspecified atom stereocenters. The summed E-state index contributed by atoms with van der Waals surface area (Å²) in [6.07, 6.45) is 5.19. The number of ether oxygens (including phenoxy) is 2. The van der Waals surface area contributed by atoms with Gasteiger partial charge in [0, 0.05) is 5.56 Å². The highest BCUT2D eigenvalue weighted by Crippen LogP contribution is 2.33. The fourth-order valence-corrected chi connectivity index (χ4v) is 4.18. The molecule has 1 saturated heterocycles. The maximum atomic E-state index is 12.9. The third-order valence-corrected chi connectivity index (χ3v) is 5.79. The number of urea groups is 1. The Balaban J connectivity index is 1.67. The predicted octanol–water partition coefficient (Wildman–Crippen LogP) is 2.53. The SMILES string of the molecule is COc1ccc(OC)c([C@H](C)NC(=O)CN2C(=O)NC3(CCCCCC3)C2=O)c1. The van der Waals surface area contributed by atoms with Gasteiger partial charge in [-0.15, -0.1) is 0 Å². The summed E-state index contributed by atoms with van der Waals surface area (Å²) in [4.78, 5) is 39.0. The van der Waals surface area contributed by atoms with Crippen molar-refractivity contribution in [1.29, 1.82) is 0 Å². The summed E-state index contributed by atoms with van der Waals surface area (Å²) in [5, 5.41) is 5.70. The number of methoxy groups -OCH3 is 2. The molecule has 3 rings (SSSR count). The van der Waals surface area contributed by atoms with Crippen LogP contribution in [0, 0.1) is 0 Å². The first-order chi connectivity index (χ1) is 13.9. The van der Waals surface area contributed by atoms with Gasteiger partial charge in [0.15, 0.2) is 0 Å². The maximum absolute atomic E-state index is 12.9. The lowest BCUT2D eigenvalue weighted by Crippen LogP contribution is -2.47. The van der Waals surface area contributed by atoms with E-state index in [1.54, 1.807) is 32.4 Å². The third-order valence-electron chi connectivity index (χ3n) is 5.79. The lowest BCUT2D eigenvalue weighted by atomic mass is 9.90. The van der Waals surface area contributed by atoms with Crippen LogP contribution >= 0.6 is 0 Å². The van der Waals surface area contributed by atoms with Gasteiger partial charge in [-0.3, -0.25) is 14.5 Å². The number of benzene rings is 1. The highest BCUT2D eigenvalue weighted by Gasteiger charge is 2.51. The highest BCUT2D eigenvalue weighted by atomic mass is 16.5. The minimum atomic E-state index is -0.838. The molecule has 0 radical (unpaired) electrons. The Morgan fingerprint density at radius 2 is 1.86 bits per heavy atom. The van der Waals surface area contributed by atoms with Crippen LogP contribution in [0.2, 0.25) is 0 Å². The fourth-order valence-electron chi connectivity index (χ4n) is 4.18. The molecule has 0 aromatic heterocycles. The first-order valence-electron chi connectivity index (χ1n) is 10.1. The number of nitrogens with one attached hydrogen (secondary N) is 2. The summed E-state index contributed by atoms with van der Waals surface area (Å²) < 4.78 is 10.6. The number of nitrogens with zero attached hydrogens (tertiary/aromatic N) is 1. The van der Waals surface area contributed by atoms with E-state index in [-0.39, 0.29) is 18.5 Å². The van der Waals surface area contributed by atoms with Gasteiger partial charge < -0.3 is 20.1 Å². The average molecular weight is 403 g/mol. The van der Waals surface area contributed by atoms with E-state index in [4.69, 9.17) is 9.47 Å². The smallest absolute Gasteiger partial charge is 0.325 e. The van der Waals surface area contributed by atoms with E-state index in [9.17, 15) is 14.4 Å². The first-order valence-corrected chi connectivity index (χ1v) is 10.1. The van der Waals surface area contributed by atoms with Crippen LogP contribution in [0.5, 0.6) is 11.5 Å². The van der Waals surface area contributed by atoms with Crippen molar-refractivity contribution in [2.75, 3.05) is 20.8 Å². The van der Waals surface area contributed by atoms with Gasteiger partial charge in [0.25, 0.3) is 5.91 Å². The van der Waals surface area contributed by atoms with Crippen molar-refractivity contribution in [2.24, 2.45) is 0 Å². The Labute approximate surface area is 170 Å². The van der Waals surface area contributed by atoms with Gasteiger partial charge in [-0.25, -0.2) is 4.79 Å². The first kappa shape index (κ1) is 21.0. The van der Waals surface area contributed by atoms with Gasteiger partial charge in [0.05, 0.1) is 20.3 Å². The lowest BCUT2D eigenvalue weighted by Gasteiger charge is -2.24. The minimum Gasteiger partial charge on any atom is -0.497 e. The molecular weight excluding hydrogens is 374 g/mol. The second-order valence-corrected chi connectivity index (χ2v) is 7.71. The van der Waals surface area contributed by atoms with Crippen LogP contribution in [-0.2, 0) is 9.59 Å². The van der Waals surface area contributed by atoms with Crippen LogP contribution in [0.3, 0.4) is 0 Å². The number of imide groups is 1. The Morgan fingerprint density at radius 3 is 2.48 bits per heavy atom. The number of amides is 4. The quantitative estimate of drug-likeness (QED) is 0.712. The van der Waals surface area contributed by atoms with Crippen molar-refractivity contribution < 1.29 is 23.9 Å². The summed E-state index contributed by atoms with van der Waals surface area (Å²) >= 11 is 0. The van der Waals surface area contributed by atoms with Crippen LogP contribution in [0.15, 0.2) is 18.2 Å². The molecule has 1 aromatic carbocycles. The van der Waals surface area contributed by atoms with E-state index >= 15 is 0 Å². The summed E-state index contributed by atoms with van der Waals surface area (Å²) in [7, 11) is 3.12. The molecular formula is C21H29N3O5. The van der Waals surface area contributed by atoms with Crippen LogP contribution in [-0.4, -0.2) is 49.0 Å². The van der Waals surface area contributed by atoms with E-state index < -0.39 is 17.5 Å². The van der Waals surface area contributed by atoms with Gasteiger partial charge in [-0.05, 0) is 38.0 Å². The van der Waals surface area contributed by atoms with Gasteiger partial charge in [-0.2, -0.15) is 0 Å². The third kappa shape index (κ3) is 4.31. The largest absolute Gasteiger partial charge is 0.497 e. The average Bonchev–Trinajstić information content (AvgIpc) is 2.87. The molecule has 1 aliphatic carbocycles. The highest BCUT2D eigenvalue weighted by molar-refractivity contribution is 6.09. The standard InChI is InChI=1S/C21H29N3O5/c1-14(16-12-15(28-2)8-9-17(16)29-3)22-18(25)13-24-19(26)21(23-20(24)27)10-6-4-5-7-11-21/h8-9,12,14H,4-7,10-11,13H2,1-3H3,(H,22,25)(H,23,27)/t14-/m0/s1. The molecule has 2 N–H and O–H groups in total. The van der Waals surface area contributed by atoms with Crippen molar-refractivity contribution in [1.82, 2.24) is 15.5 Å². The molecule has 1 heterocycles. The molecule has 4 amide bonds. The number of hydrogen-bond donors (Lipinski definition) is 2. The number of carbonyl (C=O) groups excluding carboxylic acids is 3. The number of hydrogen-bond acceptors (Lipinski definition) is 5. The molecule has 2 aliphatic rings. The monoisotopic (exact) mass is 403 g/mol. The topological polar surface area (TPSA) is 97.0 Å². The van der Waals surface area contributed by atoms with Crippen molar-refractivity contribution in [3.05, 3.63) is 23.8 Å². The molecule has 8 heteroatoms. The van der Waals surface area contributed by atoms with E-state index in [1.807, 2.05) is 6.92 Å². The molecule has 1 atom stereocenters. The molecule has 1 aromatic rings. The van der Waals surface area contributed by atoms with E-state index in [0.29, 0.717) is 24.3 Å². The zero-order valence-electron chi connectivity index (χ0n) is 17.2. The fraction of sp³-hybridized carbons (Fsp3) is 0.571. The number of carbonyl (C=O) groups is 3. The second-order valence-electron chi connectivity index (χ2n) is 7.71. The van der Waals surface area contributed by atoms with Crippen LogP contribution in [0.1, 0.15) is 57.1 Å². The minimum absolute atomic E-state index is 0.286. The molecule has 2 fully saturated rings. The van der Waals surface area contributed by atoms with Gasteiger partial charge >= 0.3 is 6.03 Å². The molecule has 29 heavy (non-hydrogen) atoms. The predicted molar refractivity (Wildman–Crippen MR) is 107 cm³/mol. The Kier molecular flexibility index (Phi) is 6.30. The van der Waals surface area contributed by atoms with Crippen LogP contribution in [0.4, 0.5) is 4.79 Å². The molecule has 8 nitrogen and oxygen atoms in total. The van der Waals surface area contributed by atoms with Crippen molar-refractivity contribution in [3.8, 4) is 11.5 Å². The zero-order valence-corrected chi connectivity index (χ0v) is 17.2. The van der Waals surface area contributed by atoms with E-state index in [0.717, 1.165) is 36.1 Å². The van der Waals surface area contributed by atoms with Crippen LogP contribution in [0.25, 0.3) is 0 Å².